The summed E-state index contributed by atoms with van der Waals surface area (Å²) >= 11 is 3.28. The molecule has 26 heavy (non-hydrogen) atoms. The monoisotopic (exact) mass is 482 g/mol. The van der Waals surface area contributed by atoms with E-state index < -0.39 is 30.0 Å². The third kappa shape index (κ3) is 7.32. The van der Waals surface area contributed by atoms with E-state index in [0.717, 1.165) is 36.0 Å². The summed E-state index contributed by atoms with van der Waals surface area (Å²) in [5.41, 5.74) is 0. The summed E-state index contributed by atoms with van der Waals surface area (Å²) in [4.78, 5) is -1.06. The van der Waals surface area contributed by atoms with Crippen LogP contribution in [-0.2, 0) is 20.2 Å². The standard InChI is InChI=1S/C14H15BrO7S2.2Na/c15-5-1-2-6-22-14-9-12(24(19,20)21)8-10-7-11(23(16,17)18)3-4-13(10)14;;/h3-4,7-9H,1-2,5-6H2,(H,16,17,18)(H,19,20,21);;/q;2*+1/p-2. The number of hydrogen-bond acceptors (Lipinski definition) is 7. The Hall–Kier alpha value is 0.800. The van der Waals surface area contributed by atoms with Gasteiger partial charge in [0.25, 0.3) is 0 Å². The van der Waals surface area contributed by atoms with Crippen LogP contribution in [0.15, 0.2) is 40.1 Å². The van der Waals surface area contributed by atoms with Gasteiger partial charge in [-0.3, -0.25) is 0 Å². The van der Waals surface area contributed by atoms with Crippen molar-refractivity contribution in [2.45, 2.75) is 22.6 Å². The zero-order valence-electron chi connectivity index (χ0n) is 14.3. The van der Waals surface area contributed by atoms with Crippen LogP contribution in [0.1, 0.15) is 12.8 Å². The molecule has 0 aromatic heterocycles. The molecule has 0 heterocycles. The predicted molar refractivity (Wildman–Crippen MR) is 88.4 cm³/mol. The molecule has 0 spiro atoms. The van der Waals surface area contributed by atoms with Gasteiger partial charge in [0.1, 0.15) is 26.0 Å². The number of ether oxygens (including phenoxy) is 1. The van der Waals surface area contributed by atoms with Gasteiger partial charge in [-0.25, -0.2) is 16.8 Å². The Balaban J connectivity index is 0.00000312. The molecule has 0 N–H and O–H groups in total. The molecule has 0 atom stereocenters. The fraction of sp³-hybridized carbons (Fsp3) is 0.286. The number of alkyl halides is 1. The van der Waals surface area contributed by atoms with Gasteiger partial charge in [0.15, 0.2) is 0 Å². The summed E-state index contributed by atoms with van der Waals surface area (Å²) < 4.78 is 72.7. The summed E-state index contributed by atoms with van der Waals surface area (Å²) in [7, 11) is -9.47. The van der Waals surface area contributed by atoms with Gasteiger partial charge < -0.3 is 13.8 Å². The molecule has 0 fully saturated rings. The van der Waals surface area contributed by atoms with Crippen molar-refractivity contribution in [3.05, 3.63) is 30.3 Å². The predicted octanol–water partition coefficient (Wildman–Crippen LogP) is -3.79. The first-order valence-electron chi connectivity index (χ1n) is 6.81. The third-order valence-corrected chi connectivity index (χ3v) is 5.43. The molecule has 0 bridgehead atoms. The van der Waals surface area contributed by atoms with Crippen LogP contribution in [0.3, 0.4) is 0 Å². The summed E-state index contributed by atoms with van der Waals surface area (Å²) in [6.45, 7) is 0.296. The topological polar surface area (TPSA) is 124 Å². The summed E-state index contributed by atoms with van der Waals surface area (Å²) in [6, 6.07) is 5.61. The Kier molecular flexibility index (Phi) is 11.4. The van der Waals surface area contributed by atoms with Gasteiger partial charge in [0, 0.05) is 10.7 Å². The van der Waals surface area contributed by atoms with E-state index in [9.17, 15) is 25.9 Å². The Bertz CT molecular complexity index is 957. The number of rotatable bonds is 7. The molecular formula is C14H13BrNa2O7S2. The van der Waals surface area contributed by atoms with Gasteiger partial charge in [-0.05, 0) is 48.6 Å². The van der Waals surface area contributed by atoms with E-state index in [2.05, 4.69) is 15.9 Å². The molecule has 0 radical (unpaired) electrons. The molecule has 0 aliphatic rings. The first-order chi connectivity index (χ1) is 11.1. The van der Waals surface area contributed by atoms with Gasteiger partial charge in [0.2, 0.25) is 0 Å². The Morgan fingerprint density at radius 1 is 0.885 bits per heavy atom. The van der Waals surface area contributed by atoms with Crippen LogP contribution in [0.4, 0.5) is 0 Å². The maximum absolute atomic E-state index is 11.3. The Labute approximate surface area is 205 Å². The average molecular weight is 483 g/mol. The quantitative estimate of drug-likeness (QED) is 0.171. The van der Waals surface area contributed by atoms with Crippen LogP contribution in [0.2, 0.25) is 0 Å². The Morgan fingerprint density at radius 3 is 2.00 bits per heavy atom. The number of benzene rings is 2. The number of hydrogen-bond donors (Lipinski definition) is 0. The van der Waals surface area contributed by atoms with E-state index in [0.29, 0.717) is 18.4 Å². The number of fused-ring (bicyclic) bond motifs is 1. The zero-order valence-corrected chi connectivity index (χ0v) is 21.5. The molecule has 0 saturated heterocycles. The summed E-state index contributed by atoms with van der Waals surface area (Å²) in [5.74, 6) is 0.145. The van der Waals surface area contributed by atoms with Crippen molar-refractivity contribution < 1.29 is 89.8 Å². The van der Waals surface area contributed by atoms with Crippen molar-refractivity contribution in [1.82, 2.24) is 0 Å². The molecule has 0 unspecified atom stereocenters. The first-order valence-corrected chi connectivity index (χ1v) is 10.7. The second kappa shape index (κ2) is 11.1. The van der Waals surface area contributed by atoms with Crippen LogP contribution >= 0.6 is 15.9 Å². The van der Waals surface area contributed by atoms with Gasteiger partial charge in [-0.15, -0.1) is 0 Å². The largest absolute Gasteiger partial charge is 1.00 e. The van der Waals surface area contributed by atoms with Gasteiger partial charge in [-0.2, -0.15) is 0 Å². The van der Waals surface area contributed by atoms with Crippen molar-refractivity contribution in [2.75, 3.05) is 11.9 Å². The van der Waals surface area contributed by atoms with E-state index in [1.54, 1.807) is 0 Å². The normalized spacial score (nSPS) is 11.5. The molecule has 12 heteroatoms. The molecule has 2 rings (SSSR count). The van der Waals surface area contributed by atoms with Crippen molar-refractivity contribution in [3.63, 3.8) is 0 Å². The molecule has 2 aromatic rings. The molecule has 2 aromatic carbocycles. The van der Waals surface area contributed by atoms with E-state index in [-0.39, 0.29) is 70.3 Å². The van der Waals surface area contributed by atoms with Crippen molar-refractivity contribution in [2.24, 2.45) is 0 Å². The minimum atomic E-state index is -4.77. The molecular weight excluding hydrogens is 470 g/mol. The van der Waals surface area contributed by atoms with E-state index >= 15 is 0 Å². The molecule has 0 aliphatic carbocycles. The fourth-order valence-electron chi connectivity index (χ4n) is 2.08. The van der Waals surface area contributed by atoms with Crippen LogP contribution < -0.4 is 63.9 Å². The fourth-order valence-corrected chi connectivity index (χ4v) is 3.51. The van der Waals surface area contributed by atoms with Crippen LogP contribution in [0.5, 0.6) is 5.75 Å². The molecule has 7 nitrogen and oxygen atoms in total. The SMILES string of the molecule is O=S(=O)([O-])c1ccc2c(OCCCCBr)cc(S(=O)(=O)[O-])cc2c1.[Na+].[Na+]. The number of unbranched alkanes of at least 4 members (excludes halogenated alkanes) is 1. The smallest absolute Gasteiger partial charge is 0.744 e. The maximum Gasteiger partial charge on any atom is 1.00 e. The van der Waals surface area contributed by atoms with E-state index in [1.165, 1.54) is 6.07 Å². The molecule has 0 saturated carbocycles. The second-order valence-corrected chi connectivity index (χ2v) is 8.51. The molecule has 132 valence electrons. The summed E-state index contributed by atoms with van der Waals surface area (Å²) in [5, 5.41) is 1.32. The van der Waals surface area contributed by atoms with E-state index in [1.807, 2.05) is 0 Å². The first kappa shape index (κ1) is 26.8. The zero-order chi connectivity index (χ0) is 18.0. The van der Waals surface area contributed by atoms with Gasteiger partial charge in [0.05, 0.1) is 16.4 Å². The van der Waals surface area contributed by atoms with Crippen LogP contribution in [-0.4, -0.2) is 37.9 Å². The summed E-state index contributed by atoms with van der Waals surface area (Å²) in [6.07, 6.45) is 1.55. The maximum atomic E-state index is 11.3. The van der Waals surface area contributed by atoms with Crippen LogP contribution in [0.25, 0.3) is 10.8 Å². The number of halogens is 1. The minimum Gasteiger partial charge on any atom is -0.744 e. The minimum absolute atomic E-state index is 0. The van der Waals surface area contributed by atoms with Crippen LogP contribution in [0, 0.1) is 0 Å². The van der Waals surface area contributed by atoms with Gasteiger partial charge in [-0.1, -0.05) is 15.9 Å². The molecule has 0 amide bonds. The average Bonchev–Trinajstić information content (AvgIpc) is 2.48. The van der Waals surface area contributed by atoms with E-state index in [4.69, 9.17) is 4.74 Å². The Morgan fingerprint density at radius 2 is 1.46 bits per heavy atom. The van der Waals surface area contributed by atoms with Crippen molar-refractivity contribution >= 4 is 46.9 Å². The van der Waals surface area contributed by atoms with Crippen molar-refractivity contribution in [1.29, 1.82) is 0 Å². The molecule has 0 aliphatic heterocycles. The third-order valence-electron chi connectivity index (χ3n) is 3.22. The van der Waals surface area contributed by atoms with Gasteiger partial charge >= 0.3 is 59.1 Å². The van der Waals surface area contributed by atoms with Crippen molar-refractivity contribution in [3.8, 4) is 5.75 Å². The second-order valence-electron chi connectivity index (χ2n) is 4.96.